The van der Waals surface area contributed by atoms with Gasteiger partial charge in [0.05, 0.1) is 5.02 Å². The molecular weight excluding hydrogens is 346 g/mol. The van der Waals surface area contributed by atoms with Gasteiger partial charge in [-0.3, -0.25) is 0 Å². The van der Waals surface area contributed by atoms with E-state index in [0.29, 0.717) is 6.54 Å². The first-order valence-electron chi connectivity index (χ1n) is 8.59. The lowest BCUT2D eigenvalue weighted by molar-refractivity contribution is 0.0534. The van der Waals surface area contributed by atoms with Crippen molar-refractivity contribution >= 4 is 45.3 Å². The Labute approximate surface area is 158 Å². The standard InChI is InChI=1S/C22H22ClNO2/c1-22(2,3)26-21(25)24-14-8-13-15-16-9-4-6-11-18(16)20(23)19-12-7-5-10-17(15)19/h4-13H,14H2,1-3H3,(H,24,25). The zero-order chi connectivity index (χ0) is 18.7. The van der Waals surface area contributed by atoms with Gasteiger partial charge in [-0.05, 0) is 37.1 Å². The van der Waals surface area contributed by atoms with Crippen molar-refractivity contribution in [1.82, 2.24) is 5.32 Å². The van der Waals surface area contributed by atoms with Crippen LogP contribution in [0.3, 0.4) is 0 Å². The van der Waals surface area contributed by atoms with E-state index in [-0.39, 0.29) is 0 Å². The molecule has 0 atom stereocenters. The van der Waals surface area contributed by atoms with Crippen molar-refractivity contribution in [2.75, 3.05) is 6.54 Å². The summed E-state index contributed by atoms with van der Waals surface area (Å²) < 4.78 is 5.24. The highest BCUT2D eigenvalue weighted by Gasteiger charge is 2.15. The maximum absolute atomic E-state index is 11.8. The molecule has 3 rings (SSSR count). The van der Waals surface area contributed by atoms with Gasteiger partial charge in [0.1, 0.15) is 5.60 Å². The van der Waals surface area contributed by atoms with E-state index < -0.39 is 11.7 Å². The highest BCUT2D eigenvalue weighted by Crippen LogP contribution is 2.36. The maximum Gasteiger partial charge on any atom is 0.407 e. The molecular formula is C22H22ClNO2. The molecule has 3 aromatic carbocycles. The second-order valence-electron chi connectivity index (χ2n) is 7.10. The average molecular weight is 368 g/mol. The molecule has 4 heteroatoms. The largest absolute Gasteiger partial charge is 0.444 e. The van der Waals surface area contributed by atoms with Gasteiger partial charge in [-0.1, -0.05) is 72.3 Å². The van der Waals surface area contributed by atoms with Crippen LogP contribution >= 0.6 is 11.6 Å². The predicted molar refractivity (Wildman–Crippen MR) is 110 cm³/mol. The fraction of sp³-hybridized carbons (Fsp3) is 0.227. The molecule has 3 aromatic rings. The van der Waals surface area contributed by atoms with Gasteiger partial charge in [-0.25, -0.2) is 4.79 Å². The fourth-order valence-electron chi connectivity index (χ4n) is 2.92. The lowest BCUT2D eigenvalue weighted by Gasteiger charge is -2.19. The first-order valence-corrected chi connectivity index (χ1v) is 8.97. The van der Waals surface area contributed by atoms with Crippen LogP contribution in [0.2, 0.25) is 5.02 Å². The summed E-state index contributed by atoms with van der Waals surface area (Å²) >= 11 is 6.61. The molecule has 0 unspecified atom stereocenters. The molecule has 0 bridgehead atoms. The van der Waals surface area contributed by atoms with Crippen molar-refractivity contribution in [2.45, 2.75) is 26.4 Å². The Kier molecular flexibility index (Phi) is 5.19. The van der Waals surface area contributed by atoms with Crippen LogP contribution in [-0.4, -0.2) is 18.2 Å². The molecule has 0 aromatic heterocycles. The van der Waals surface area contributed by atoms with E-state index in [0.717, 1.165) is 32.1 Å². The van der Waals surface area contributed by atoms with Crippen molar-refractivity contribution in [2.24, 2.45) is 0 Å². The van der Waals surface area contributed by atoms with Crippen molar-refractivity contribution in [3.05, 3.63) is 65.2 Å². The van der Waals surface area contributed by atoms with Crippen molar-refractivity contribution in [3.63, 3.8) is 0 Å². The van der Waals surface area contributed by atoms with Gasteiger partial charge >= 0.3 is 6.09 Å². The molecule has 26 heavy (non-hydrogen) atoms. The van der Waals surface area contributed by atoms with Crippen molar-refractivity contribution in [3.8, 4) is 0 Å². The number of nitrogens with one attached hydrogen (secondary N) is 1. The molecule has 0 aliphatic heterocycles. The van der Waals surface area contributed by atoms with Crippen LogP contribution in [0.4, 0.5) is 4.79 Å². The highest BCUT2D eigenvalue weighted by atomic mass is 35.5. The van der Waals surface area contributed by atoms with Gasteiger partial charge in [-0.2, -0.15) is 0 Å². The Balaban J connectivity index is 1.91. The van der Waals surface area contributed by atoms with E-state index >= 15 is 0 Å². The number of carbonyl (C=O) groups is 1. The number of fused-ring (bicyclic) bond motifs is 2. The SMILES string of the molecule is CC(C)(C)OC(=O)NCC=Cc1c2ccccc2c(Cl)c2ccccc12. The van der Waals surface area contributed by atoms with E-state index in [9.17, 15) is 4.79 Å². The van der Waals surface area contributed by atoms with E-state index in [1.54, 1.807) is 0 Å². The van der Waals surface area contributed by atoms with E-state index in [1.165, 1.54) is 0 Å². The summed E-state index contributed by atoms with van der Waals surface area (Å²) in [4.78, 5) is 11.8. The van der Waals surface area contributed by atoms with Crippen LogP contribution in [0.15, 0.2) is 54.6 Å². The average Bonchev–Trinajstić information content (AvgIpc) is 2.59. The normalized spacial score (nSPS) is 12.0. The van der Waals surface area contributed by atoms with Gasteiger partial charge in [0.2, 0.25) is 0 Å². The van der Waals surface area contributed by atoms with E-state index in [4.69, 9.17) is 16.3 Å². The molecule has 134 valence electrons. The number of ether oxygens (including phenoxy) is 1. The van der Waals surface area contributed by atoms with E-state index in [1.807, 2.05) is 69.3 Å². The minimum Gasteiger partial charge on any atom is -0.444 e. The summed E-state index contributed by atoms with van der Waals surface area (Å²) in [7, 11) is 0. The third-order valence-corrected chi connectivity index (χ3v) is 4.36. The summed E-state index contributed by atoms with van der Waals surface area (Å²) in [6.45, 7) is 5.91. The molecule has 0 heterocycles. The highest BCUT2D eigenvalue weighted by molar-refractivity contribution is 6.41. The third kappa shape index (κ3) is 4.00. The van der Waals surface area contributed by atoms with Crippen molar-refractivity contribution < 1.29 is 9.53 Å². The number of amides is 1. The summed E-state index contributed by atoms with van der Waals surface area (Å²) in [5.41, 5.74) is 0.586. The van der Waals surface area contributed by atoms with Gasteiger partial charge in [0.25, 0.3) is 0 Å². The van der Waals surface area contributed by atoms with Gasteiger partial charge in [0, 0.05) is 17.3 Å². The number of hydrogen-bond donors (Lipinski definition) is 1. The zero-order valence-electron chi connectivity index (χ0n) is 15.2. The Hall–Kier alpha value is -2.52. The van der Waals surface area contributed by atoms with Gasteiger partial charge < -0.3 is 10.1 Å². The molecule has 0 spiro atoms. The van der Waals surface area contributed by atoms with Crippen molar-refractivity contribution in [1.29, 1.82) is 0 Å². The predicted octanol–water partition coefficient (Wildman–Crippen LogP) is 6.18. The zero-order valence-corrected chi connectivity index (χ0v) is 15.9. The molecule has 0 radical (unpaired) electrons. The number of hydrogen-bond acceptors (Lipinski definition) is 2. The smallest absolute Gasteiger partial charge is 0.407 e. The lowest BCUT2D eigenvalue weighted by Crippen LogP contribution is -2.32. The van der Waals surface area contributed by atoms with Crippen LogP contribution in [-0.2, 0) is 4.74 Å². The number of halogens is 1. The molecule has 0 saturated heterocycles. The fourth-order valence-corrected chi connectivity index (χ4v) is 3.25. The quantitative estimate of drug-likeness (QED) is 0.561. The molecule has 0 aliphatic carbocycles. The Morgan fingerprint density at radius 2 is 1.50 bits per heavy atom. The number of carbonyl (C=O) groups excluding carboxylic acids is 1. The Morgan fingerprint density at radius 1 is 1.00 bits per heavy atom. The molecule has 0 aliphatic rings. The third-order valence-electron chi connectivity index (χ3n) is 3.96. The molecule has 1 N–H and O–H groups in total. The monoisotopic (exact) mass is 367 g/mol. The van der Waals surface area contributed by atoms with E-state index in [2.05, 4.69) is 17.4 Å². The van der Waals surface area contributed by atoms with Crippen LogP contribution in [0, 0.1) is 0 Å². The van der Waals surface area contributed by atoms with Crippen LogP contribution in [0.25, 0.3) is 27.6 Å². The first kappa shape index (κ1) is 18.3. The lowest BCUT2D eigenvalue weighted by atomic mass is 9.96. The Bertz CT molecular complexity index is 930. The second-order valence-corrected chi connectivity index (χ2v) is 7.48. The van der Waals surface area contributed by atoms with Gasteiger partial charge in [0.15, 0.2) is 0 Å². The topological polar surface area (TPSA) is 38.3 Å². The molecule has 1 amide bonds. The van der Waals surface area contributed by atoms with Crippen LogP contribution < -0.4 is 5.32 Å². The minimum atomic E-state index is -0.504. The van der Waals surface area contributed by atoms with Crippen LogP contribution in [0.5, 0.6) is 0 Å². The van der Waals surface area contributed by atoms with Crippen LogP contribution in [0.1, 0.15) is 26.3 Å². The maximum atomic E-state index is 11.8. The summed E-state index contributed by atoms with van der Waals surface area (Å²) in [5, 5.41) is 7.72. The second kappa shape index (κ2) is 7.38. The first-order chi connectivity index (χ1) is 12.4. The molecule has 3 nitrogen and oxygen atoms in total. The Morgan fingerprint density at radius 3 is 2.00 bits per heavy atom. The summed E-state index contributed by atoms with van der Waals surface area (Å²) in [5.74, 6) is 0. The summed E-state index contributed by atoms with van der Waals surface area (Å²) in [6, 6.07) is 16.2. The minimum absolute atomic E-state index is 0.389. The molecule has 0 fully saturated rings. The number of rotatable bonds is 3. The number of benzene rings is 3. The number of alkyl carbamates (subject to hydrolysis) is 1. The molecule has 0 saturated carbocycles. The van der Waals surface area contributed by atoms with Gasteiger partial charge in [-0.15, -0.1) is 0 Å². The summed E-state index contributed by atoms with van der Waals surface area (Å²) in [6.07, 6.45) is 3.53.